The van der Waals surface area contributed by atoms with E-state index in [4.69, 9.17) is 11.6 Å². The Morgan fingerprint density at radius 3 is 2.41 bits per heavy atom. The summed E-state index contributed by atoms with van der Waals surface area (Å²) >= 11 is 11.9. The zero-order valence-corrected chi connectivity index (χ0v) is 13.2. The van der Waals surface area contributed by atoms with Gasteiger partial charge in [0.1, 0.15) is 0 Å². The standard InChI is InChI=1S/C14H14BrClS/c1-8-4-5-11(9(2)6-8)13(16)14-12(15)7-10(3)17-14/h4-7,13H,1-3H3. The molecule has 2 rings (SSSR count). The van der Waals surface area contributed by atoms with E-state index in [1.165, 1.54) is 26.4 Å². The molecule has 0 bridgehead atoms. The van der Waals surface area contributed by atoms with Gasteiger partial charge in [0, 0.05) is 14.2 Å². The highest BCUT2D eigenvalue weighted by Crippen LogP contribution is 2.40. The number of hydrogen-bond donors (Lipinski definition) is 0. The molecule has 0 fully saturated rings. The van der Waals surface area contributed by atoms with Crippen molar-refractivity contribution in [2.45, 2.75) is 26.1 Å². The van der Waals surface area contributed by atoms with E-state index in [9.17, 15) is 0 Å². The van der Waals surface area contributed by atoms with Crippen LogP contribution in [0.4, 0.5) is 0 Å². The molecule has 1 atom stereocenters. The van der Waals surface area contributed by atoms with Gasteiger partial charge in [0.15, 0.2) is 0 Å². The summed E-state index contributed by atoms with van der Waals surface area (Å²) < 4.78 is 1.11. The van der Waals surface area contributed by atoms with E-state index < -0.39 is 0 Å². The molecule has 0 amide bonds. The molecule has 0 saturated heterocycles. The van der Waals surface area contributed by atoms with Crippen LogP contribution >= 0.6 is 38.9 Å². The van der Waals surface area contributed by atoms with Crippen LogP contribution in [-0.4, -0.2) is 0 Å². The Morgan fingerprint density at radius 2 is 1.88 bits per heavy atom. The molecule has 0 nitrogen and oxygen atoms in total. The van der Waals surface area contributed by atoms with Gasteiger partial charge < -0.3 is 0 Å². The lowest BCUT2D eigenvalue weighted by atomic mass is 10.0. The molecule has 0 N–H and O–H groups in total. The van der Waals surface area contributed by atoms with E-state index in [2.05, 4.69) is 61.0 Å². The summed E-state index contributed by atoms with van der Waals surface area (Å²) in [5, 5.41) is -0.0660. The molecule has 0 radical (unpaired) electrons. The first-order chi connectivity index (χ1) is 7.99. The van der Waals surface area contributed by atoms with E-state index in [0.717, 1.165) is 4.47 Å². The van der Waals surface area contributed by atoms with Crippen LogP contribution in [-0.2, 0) is 0 Å². The van der Waals surface area contributed by atoms with Crippen molar-refractivity contribution in [3.05, 3.63) is 55.2 Å². The Hall–Kier alpha value is -0.310. The lowest BCUT2D eigenvalue weighted by Gasteiger charge is -2.12. The van der Waals surface area contributed by atoms with Crippen molar-refractivity contribution in [3.8, 4) is 0 Å². The van der Waals surface area contributed by atoms with Gasteiger partial charge in [-0.1, -0.05) is 23.8 Å². The minimum absolute atomic E-state index is 0.0660. The molecule has 90 valence electrons. The van der Waals surface area contributed by atoms with Gasteiger partial charge in [-0.3, -0.25) is 0 Å². The SMILES string of the molecule is Cc1ccc(C(Cl)c2sc(C)cc2Br)c(C)c1. The average molecular weight is 330 g/mol. The number of benzene rings is 1. The normalized spacial score (nSPS) is 12.8. The molecular weight excluding hydrogens is 316 g/mol. The van der Waals surface area contributed by atoms with Gasteiger partial charge in [0.2, 0.25) is 0 Å². The van der Waals surface area contributed by atoms with Gasteiger partial charge >= 0.3 is 0 Å². The van der Waals surface area contributed by atoms with Crippen molar-refractivity contribution in [3.63, 3.8) is 0 Å². The third-order valence-corrected chi connectivity index (χ3v) is 5.38. The fourth-order valence-electron chi connectivity index (χ4n) is 1.93. The van der Waals surface area contributed by atoms with Crippen LogP contribution in [0.2, 0.25) is 0 Å². The fraction of sp³-hybridized carbons (Fsp3) is 0.286. The van der Waals surface area contributed by atoms with Crippen LogP contribution in [0.15, 0.2) is 28.7 Å². The molecule has 1 aromatic carbocycles. The molecule has 1 heterocycles. The number of aryl methyl sites for hydroxylation is 3. The van der Waals surface area contributed by atoms with Gasteiger partial charge in [-0.25, -0.2) is 0 Å². The van der Waals surface area contributed by atoms with Crippen LogP contribution in [0, 0.1) is 20.8 Å². The predicted molar refractivity (Wildman–Crippen MR) is 80.4 cm³/mol. The summed E-state index contributed by atoms with van der Waals surface area (Å²) in [6, 6.07) is 8.55. The lowest BCUT2D eigenvalue weighted by molar-refractivity contribution is 1.13. The minimum atomic E-state index is -0.0660. The Labute approximate surface area is 120 Å². The summed E-state index contributed by atoms with van der Waals surface area (Å²) in [5.74, 6) is 0. The Balaban J connectivity index is 2.43. The first kappa shape index (κ1) is 13.1. The smallest absolute Gasteiger partial charge is 0.0941 e. The fourth-order valence-corrected chi connectivity index (χ4v) is 4.43. The molecule has 17 heavy (non-hydrogen) atoms. The van der Waals surface area contributed by atoms with Gasteiger partial charge in [-0.2, -0.15) is 0 Å². The second-order valence-corrected chi connectivity index (χ2v) is 6.87. The summed E-state index contributed by atoms with van der Waals surface area (Å²) in [5.41, 5.74) is 3.72. The molecule has 0 saturated carbocycles. The number of alkyl halides is 1. The molecule has 0 aliphatic rings. The maximum atomic E-state index is 6.59. The predicted octanol–water partition coefficient (Wildman–Crippen LogP) is 5.76. The summed E-state index contributed by atoms with van der Waals surface area (Å²) in [6.45, 7) is 6.32. The zero-order valence-electron chi connectivity index (χ0n) is 10.1. The molecule has 0 spiro atoms. The third kappa shape index (κ3) is 2.75. The first-order valence-corrected chi connectivity index (χ1v) is 7.50. The summed E-state index contributed by atoms with van der Waals surface area (Å²) in [6.07, 6.45) is 0. The van der Waals surface area contributed by atoms with Crippen molar-refractivity contribution in [2.24, 2.45) is 0 Å². The van der Waals surface area contributed by atoms with E-state index in [0.29, 0.717) is 0 Å². The molecule has 3 heteroatoms. The molecule has 1 unspecified atom stereocenters. The Morgan fingerprint density at radius 1 is 1.18 bits per heavy atom. The van der Waals surface area contributed by atoms with E-state index in [-0.39, 0.29) is 5.38 Å². The molecule has 2 aromatic rings. The minimum Gasteiger partial charge on any atom is -0.143 e. The third-order valence-electron chi connectivity index (χ3n) is 2.76. The number of halogens is 2. The lowest BCUT2D eigenvalue weighted by Crippen LogP contribution is -1.95. The van der Waals surface area contributed by atoms with Crippen LogP contribution in [0.25, 0.3) is 0 Å². The summed E-state index contributed by atoms with van der Waals surface area (Å²) in [7, 11) is 0. The largest absolute Gasteiger partial charge is 0.143 e. The number of thiophene rings is 1. The zero-order chi connectivity index (χ0) is 12.6. The molecule has 0 aliphatic carbocycles. The van der Waals surface area contributed by atoms with Gasteiger partial charge in [0.05, 0.1) is 5.38 Å². The second-order valence-electron chi connectivity index (χ2n) is 4.29. The van der Waals surface area contributed by atoms with E-state index >= 15 is 0 Å². The van der Waals surface area contributed by atoms with Crippen molar-refractivity contribution in [1.82, 2.24) is 0 Å². The number of rotatable bonds is 2. The van der Waals surface area contributed by atoms with Crippen LogP contribution in [0.5, 0.6) is 0 Å². The maximum Gasteiger partial charge on any atom is 0.0941 e. The maximum absolute atomic E-state index is 6.59. The Kier molecular flexibility index (Phi) is 3.96. The molecule has 0 aliphatic heterocycles. The number of hydrogen-bond acceptors (Lipinski definition) is 1. The van der Waals surface area contributed by atoms with Crippen molar-refractivity contribution in [1.29, 1.82) is 0 Å². The van der Waals surface area contributed by atoms with Crippen LogP contribution in [0.1, 0.15) is 31.8 Å². The highest BCUT2D eigenvalue weighted by atomic mass is 79.9. The van der Waals surface area contributed by atoms with Crippen molar-refractivity contribution in [2.75, 3.05) is 0 Å². The van der Waals surface area contributed by atoms with Gasteiger partial charge in [0.25, 0.3) is 0 Å². The van der Waals surface area contributed by atoms with E-state index in [1.807, 2.05) is 0 Å². The van der Waals surface area contributed by atoms with Crippen molar-refractivity contribution >= 4 is 38.9 Å². The molecular formula is C14H14BrClS. The second kappa shape index (κ2) is 5.13. The topological polar surface area (TPSA) is 0 Å². The van der Waals surface area contributed by atoms with Crippen molar-refractivity contribution < 1.29 is 0 Å². The highest BCUT2D eigenvalue weighted by Gasteiger charge is 2.18. The Bertz CT molecular complexity index is 545. The van der Waals surface area contributed by atoms with Gasteiger partial charge in [-0.15, -0.1) is 22.9 Å². The molecule has 1 aromatic heterocycles. The first-order valence-electron chi connectivity index (χ1n) is 5.46. The van der Waals surface area contributed by atoms with Crippen LogP contribution < -0.4 is 0 Å². The highest BCUT2D eigenvalue weighted by molar-refractivity contribution is 9.10. The quantitative estimate of drug-likeness (QED) is 0.614. The monoisotopic (exact) mass is 328 g/mol. The van der Waals surface area contributed by atoms with Gasteiger partial charge in [-0.05, 0) is 53.9 Å². The van der Waals surface area contributed by atoms with E-state index in [1.54, 1.807) is 11.3 Å². The van der Waals surface area contributed by atoms with Crippen LogP contribution in [0.3, 0.4) is 0 Å². The average Bonchev–Trinajstić information content (AvgIpc) is 2.57. The summed E-state index contributed by atoms with van der Waals surface area (Å²) in [4.78, 5) is 2.47.